The second kappa shape index (κ2) is 5.50. The summed E-state index contributed by atoms with van der Waals surface area (Å²) in [5.74, 6) is 0.104. The van der Waals surface area contributed by atoms with Gasteiger partial charge in [0.25, 0.3) is 0 Å². The Hall–Kier alpha value is -0.570. The van der Waals surface area contributed by atoms with Crippen LogP contribution in [0.4, 0.5) is 0 Å². The number of carbonyl (C=O) groups is 1. The molecule has 0 saturated heterocycles. The van der Waals surface area contributed by atoms with Crippen LogP contribution in [0.5, 0.6) is 0 Å². The maximum Gasteiger partial charge on any atom is 0.220 e. The van der Waals surface area contributed by atoms with E-state index in [0.29, 0.717) is 13.0 Å². The summed E-state index contributed by atoms with van der Waals surface area (Å²) in [6.45, 7) is 11.7. The molecular formula is C12H26N2O. The van der Waals surface area contributed by atoms with Gasteiger partial charge in [-0.1, -0.05) is 34.6 Å². The Kier molecular flexibility index (Phi) is 5.29. The molecule has 0 spiro atoms. The lowest BCUT2D eigenvalue weighted by molar-refractivity contribution is -0.123. The van der Waals surface area contributed by atoms with Crippen LogP contribution in [0.3, 0.4) is 0 Å². The molecule has 0 heterocycles. The standard InChI is InChI=1S/C12H26N2O/c1-6-11(2,3)9-14-10(15)7-12(4,5)8-13/h6-9,13H2,1-5H3,(H,14,15). The van der Waals surface area contributed by atoms with Gasteiger partial charge in [-0.05, 0) is 23.8 Å². The van der Waals surface area contributed by atoms with Crippen LogP contribution in [0, 0.1) is 10.8 Å². The number of nitrogens with two attached hydrogens (primary N) is 1. The van der Waals surface area contributed by atoms with Crippen LogP contribution in [0.15, 0.2) is 0 Å². The molecule has 0 aliphatic heterocycles. The molecule has 0 aromatic rings. The lowest BCUT2D eigenvalue weighted by Crippen LogP contribution is -2.37. The average molecular weight is 214 g/mol. The molecule has 3 N–H and O–H groups in total. The van der Waals surface area contributed by atoms with Crippen molar-refractivity contribution >= 4 is 5.91 Å². The van der Waals surface area contributed by atoms with Gasteiger partial charge in [-0.3, -0.25) is 4.79 Å². The summed E-state index contributed by atoms with van der Waals surface area (Å²) in [7, 11) is 0. The van der Waals surface area contributed by atoms with Crippen molar-refractivity contribution in [3.8, 4) is 0 Å². The zero-order valence-corrected chi connectivity index (χ0v) is 10.8. The number of hydrogen-bond donors (Lipinski definition) is 2. The Morgan fingerprint density at radius 1 is 1.20 bits per heavy atom. The fourth-order valence-corrected chi connectivity index (χ4v) is 1.03. The van der Waals surface area contributed by atoms with Crippen molar-refractivity contribution in [3.05, 3.63) is 0 Å². The minimum atomic E-state index is -0.0968. The van der Waals surface area contributed by atoms with E-state index < -0.39 is 0 Å². The molecule has 0 bridgehead atoms. The number of hydrogen-bond acceptors (Lipinski definition) is 2. The predicted molar refractivity (Wildman–Crippen MR) is 64.5 cm³/mol. The Bertz CT molecular complexity index is 210. The highest BCUT2D eigenvalue weighted by Gasteiger charge is 2.22. The molecule has 0 aromatic heterocycles. The third-order valence-corrected chi connectivity index (χ3v) is 2.91. The number of carbonyl (C=O) groups excluding carboxylic acids is 1. The second-order valence-corrected chi connectivity index (χ2v) is 5.84. The summed E-state index contributed by atoms with van der Waals surface area (Å²) in [5, 5.41) is 2.97. The Labute approximate surface area is 93.8 Å². The van der Waals surface area contributed by atoms with Crippen LogP contribution in [0.25, 0.3) is 0 Å². The summed E-state index contributed by atoms with van der Waals surface area (Å²) < 4.78 is 0. The van der Waals surface area contributed by atoms with Crippen molar-refractivity contribution in [1.82, 2.24) is 5.32 Å². The van der Waals surface area contributed by atoms with E-state index in [-0.39, 0.29) is 16.7 Å². The number of rotatable bonds is 6. The van der Waals surface area contributed by atoms with E-state index in [1.807, 2.05) is 13.8 Å². The minimum Gasteiger partial charge on any atom is -0.356 e. The Balaban J connectivity index is 3.96. The number of nitrogens with one attached hydrogen (secondary N) is 1. The SMILES string of the molecule is CCC(C)(C)CNC(=O)CC(C)(C)CN. The van der Waals surface area contributed by atoms with Crippen molar-refractivity contribution in [2.45, 2.75) is 47.5 Å². The first kappa shape index (κ1) is 14.4. The molecule has 0 rings (SSSR count). The highest BCUT2D eigenvalue weighted by Crippen LogP contribution is 2.20. The van der Waals surface area contributed by atoms with Crippen LogP contribution < -0.4 is 11.1 Å². The Morgan fingerprint density at radius 2 is 1.73 bits per heavy atom. The zero-order chi connectivity index (χ0) is 12.1. The maximum absolute atomic E-state index is 11.6. The molecule has 0 atom stereocenters. The normalized spacial score (nSPS) is 12.7. The summed E-state index contributed by atoms with van der Waals surface area (Å²) in [4.78, 5) is 11.6. The minimum absolute atomic E-state index is 0.0968. The van der Waals surface area contributed by atoms with E-state index >= 15 is 0 Å². The van der Waals surface area contributed by atoms with E-state index in [1.54, 1.807) is 0 Å². The van der Waals surface area contributed by atoms with Crippen molar-refractivity contribution in [2.24, 2.45) is 16.6 Å². The van der Waals surface area contributed by atoms with Gasteiger partial charge in [0.1, 0.15) is 0 Å². The monoisotopic (exact) mass is 214 g/mol. The molecule has 0 saturated carbocycles. The largest absolute Gasteiger partial charge is 0.356 e. The first-order chi connectivity index (χ1) is 6.72. The Morgan fingerprint density at radius 3 is 2.13 bits per heavy atom. The first-order valence-electron chi connectivity index (χ1n) is 5.69. The van der Waals surface area contributed by atoms with Gasteiger partial charge in [0, 0.05) is 13.0 Å². The third kappa shape index (κ3) is 6.50. The van der Waals surface area contributed by atoms with E-state index in [0.717, 1.165) is 13.0 Å². The van der Waals surface area contributed by atoms with Gasteiger partial charge in [0.05, 0.1) is 0 Å². The molecule has 0 unspecified atom stereocenters. The average Bonchev–Trinajstić information content (AvgIpc) is 2.15. The van der Waals surface area contributed by atoms with Crippen LogP contribution in [0.1, 0.15) is 47.5 Å². The van der Waals surface area contributed by atoms with Gasteiger partial charge in [-0.2, -0.15) is 0 Å². The molecule has 0 fully saturated rings. The molecule has 90 valence electrons. The molecule has 1 amide bonds. The van der Waals surface area contributed by atoms with Crippen molar-refractivity contribution < 1.29 is 4.79 Å². The highest BCUT2D eigenvalue weighted by atomic mass is 16.1. The molecule has 0 aliphatic carbocycles. The van der Waals surface area contributed by atoms with Gasteiger partial charge in [-0.25, -0.2) is 0 Å². The van der Waals surface area contributed by atoms with Crippen molar-refractivity contribution in [3.63, 3.8) is 0 Å². The van der Waals surface area contributed by atoms with E-state index in [9.17, 15) is 4.79 Å². The first-order valence-corrected chi connectivity index (χ1v) is 5.69. The molecule has 3 nitrogen and oxygen atoms in total. The molecular weight excluding hydrogens is 188 g/mol. The topological polar surface area (TPSA) is 55.1 Å². The quantitative estimate of drug-likeness (QED) is 0.709. The van der Waals surface area contributed by atoms with Gasteiger partial charge >= 0.3 is 0 Å². The highest BCUT2D eigenvalue weighted by molar-refractivity contribution is 5.76. The van der Waals surface area contributed by atoms with Crippen LogP contribution in [-0.2, 0) is 4.79 Å². The van der Waals surface area contributed by atoms with Gasteiger partial charge < -0.3 is 11.1 Å². The van der Waals surface area contributed by atoms with Crippen LogP contribution in [-0.4, -0.2) is 19.0 Å². The van der Waals surface area contributed by atoms with Crippen molar-refractivity contribution in [2.75, 3.05) is 13.1 Å². The third-order valence-electron chi connectivity index (χ3n) is 2.91. The smallest absolute Gasteiger partial charge is 0.220 e. The zero-order valence-electron chi connectivity index (χ0n) is 10.8. The summed E-state index contributed by atoms with van der Waals surface area (Å²) >= 11 is 0. The van der Waals surface area contributed by atoms with Gasteiger partial charge in [-0.15, -0.1) is 0 Å². The van der Waals surface area contributed by atoms with E-state index in [2.05, 4.69) is 26.1 Å². The van der Waals surface area contributed by atoms with Gasteiger partial charge in [0.2, 0.25) is 5.91 Å². The summed E-state index contributed by atoms with van der Waals surface area (Å²) in [6.07, 6.45) is 1.57. The molecule has 0 radical (unpaired) electrons. The van der Waals surface area contributed by atoms with Crippen LogP contribution in [0.2, 0.25) is 0 Å². The fourth-order valence-electron chi connectivity index (χ4n) is 1.03. The summed E-state index contributed by atoms with van der Waals surface area (Å²) in [6, 6.07) is 0. The molecule has 15 heavy (non-hydrogen) atoms. The summed E-state index contributed by atoms with van der Waals surface area (Å²) in [5.41, 5.74) is 5.67. The lowest BCUT2D eigenvalue weighted by atomic mass is 9.88. The maximum atomic E-state index is 11.6. The van der Waals surface area contributed by atoms with Crippen molar-refractivity contribution in [1.29, 1.82) is 0 Å². The second-order valence-electron chi connectivity index (χ2n) is 5.84. The lowest BCUT2D eigenvalue weighted by Gasteiger charge is -2.25. The van der Waals surface area contributed by atoms with Gasteiger partial charge in [0.15, 0.2) is 0 Å². The fraction of sp³-hybridized carbons (Fsp3) is 0.917. The van der Waals surface area contributed by atoms with E-state index in [1.165, 1.54) is 0 Å². The number of amides is 1. The molecule has 3 heteroatoms. The predicted octanol–water partition coefficient (Wildman–Crippen LogP) is 1.91. The van der Waals surface area contributed by atoms with E-state index in [4.69, 9.17) is 5.73 Å². The van der Waals surface area contributed by atoms with Crippen LogP contribution >= 0.6 is 0 Å². The molecule has 0 aliphatic rings. The molecule has 0 aromatic carbocycles.